The number of carbonyl (C=O) groups excluding carboxylic acids is 1. The number of hydrazone groups is 1. The maximum Gasteiger partial charge on any atom is 0.260 e. The van der Waals surface area contributed by atoms with Crippen LogP contribution >= 0.6 is 0 Å². The topological polar surface area (TPSA) is 59.3 Å². The first-order chi connectivity index (χ1) is 10.2. The Morgan fingerprint density at radius 3 is 2.67 bits per heavy atom. The van der Waals surface area contributed by atoms with Gasteiger partial charge in [-0.15, -0.1) is 0 Å². The second-order valence-corrected chi connectivity index (χ2v) is 5.07. The summed E-state index contributed by atoms with van der Waals surface area (Å²) in [7, 11) is 0. The zero-order chi connectivity index (χ0) is 15.1. The van der Waals surface area contributed by atoms with E-state index < -0.39 is 0 Å². The third-order valence-corrected chi connectivity index (χ3v) is 3.26. The minimum absolute atomic E-state index is 0.122. The molecule has 2 aromatic rings. The first-order valence-corrected chi connectivity index (χ1v) is 7.48. The smallest absolute Gasteiger partial charge is 0.260 e. The van der Waals surface area contributed by atoms with Crippen molar-refractivity contribution in [2.75, 3.05) is 0 Å². The highest BCUT2D eigenvalue weighted by Gasteiger charge is 2.06. The molecule has 0 spiro atoms. The van der Waals surface area contributed by atoms with Gasteiger partial charge in [-0.05, 0) is 25.0 Å². The molecule has 0 bridgehead atoms. The summed E-state index contributed by atoms with van der Waals surface area (Å²) in [6.07, 6.45) is 5.64. The summed E-state index contributed by atoms with van der Waals surface area (Å²) in [6.45, 7) is 4.46. The summed E-state index contributed by atoms with van der Waals surface area (Å²) in [6, 6.07) is 7.77. The number of nitrogens with one attached hydrogen (secondary N) is 1. The van der Waals surface area contributed by atoms with E-state index in [2.05, 4.69) is 29.4 Å². The molecule has 0 unspecified atom stereocenters. The number of amides is 1. The van der Waals surface area contributed by atoms with Crippen molar-refractivity contribution in [1.29, 1.82) is 0 Å². The Balaban J connectivity index is 1.99. The molecular weight excluding hydrogens is 264 g/mol. The fraction of sp³-hybridized carbons (Fsp3) is 0.438. The first kappa shape index (κ1) is 15.2. The summed E-state index contributed by atoms with van der Waals surface area (Å²) < 4.78 is 1.83. The zero-order valence-corrected chi connectivity index (χ0v) is 12.7. The molecule has 0 radical (unpaired) electrons. The van der Waals surface area contributed by atoms with Gasteiger partial charge in [0.15, 0.2) is 0 Å². The van der Waals surface area contributed by atoms with E-state index in [0.29, 0.717) is 0 Å². The van der Waals surface area contributed by atoms with Crippen LogP contribution in [0.25, 0.3) is 11.0 Å². The van der Waals surface area contributed by atoms with Crippen LogP contribution in [-0.2, 0) is 11.3 Å². The van der Waals surface area contributed by atoms with Gasteiger partial charge in [0.1, 0.15) is 6.54 Å². The van der Waals surface area contributed by atoms with Gasteiger partial charge in [0.05, 0.1) is 17.4 Å². The Morgan fingerprint density at radius 1 is 1.24 bits per heavy atom. The Hall–Kier alpha value is -2.17. The second kappa shape index (κ2) is 7.57. The number of nitrogens with zero attached hydrogens (tertiary/aromatic N) is 3. The van der Waals surface area contributed by atoms with Crippen molar-refractivity contribution in [3.05, 3.63) is 30.6 Å². The van der Waals surface area contributed by atoms with Crippen LogP contribution in [-0.4, -0.2) is 21.2 Å². The number of para-hydroxylation sites is 2. The van der Waals surface area contributed by atoms with Gasteiger partial charge >= 0.3 is 0 Å². The van der Waals surface area contributed by atoms with Crippen LogP contribution in [0.15, 0.2) is 35.7 Å². The summed E-state index contributed by atoms with van der Waals surface area (Å²) in [5, 5.41) is 4.25. The van der Waals surface area contributed by atoms with E-state index >= 15 is 0 Å². The molecule has 0 atom stereocenters. The number of aromatic nitrogens is 2. The van der Waals surface area contributed by atoms with E-state index in [1.807, 2.05) is 28.8 Å². The molecule has 1 heterocycles. The van der Waals surface area contributed by atoms with Gasteiger partial charge in [0.2, 0.25) is 0 Å². The monoisotopic (exact) mass is 286 g/mol. The van der Waals surface area contributed by atoms with Gasteiger partial charge in [-0.25, -0.2) is 10.4 Å². The van der Waals surface area contributed by atoms with Gasteiger partial charge in [-0.2, -0.15) is 5.10 Å². The van der Waals surface area contributed by atoms with Crippen LogP contribution in [0.1, 0.15) is 39.5 Å². The quantitative estimate of drug-likeness (QED) is 0.628. The molecule has 0 saturated carbocycles. The molecular formula is C16H22N4O. The summed E-state index contributed by atoms with van der Waals surface area (Å²) in [4.78, 5) is 16.3. The molecule has 1 amide bonds. The molecule has 1 aromatic carbocycles. The lowest BCUT2D eigenvalue weighted by Gasteiger charge is -2.06. The number of hydrogen-bond acceptors (Lipinski definition) is 3. The molecule has 1 aromatic heterocycles. The Bertz CT molecular complexity index is 622. The molecule has 0 aliphatic heterocycles. The van der Waals surface area contributed by atoms with Crippen LogP contribution in [0, 0.1) is 0 Å². The first-order valence-electron chi connectivity index (χ1n) is 7.48. The van der Waals surface area contributed by atoms with E-state index in [0.717, 1.165) is 42.4 Å². The Labute approximate surface area is 125 Å². The van der Waals surface area contributed by atoms with Crippen molar-refractivity contribution in [2.45, 2.75) is 46.1 Å². The van der Waals surface area contributed by atoms with Crippen LogP contribution in [0.4, 0.5) is 0 Å². The minimum Gasteiger partial charge on any atom is -0.321 e. The largest absolute Gasteiger partial charge is 0.321 e. The van der Waals surface area contributed by atoms with Gasteiger partial charge < -0.3 is 4.57 Å². The zero-order valence-electron chi connectivity index (χ0n) is 12.7. The van der Waals surface area contributed by atoms with Gasteiger partial charge in [0, 0.05) is 5.71 Å². The van der Waals surface area contributed by atoms with Crippen molar-refractivity contribution in [3.63, 3.8) is 0 Å². The van der Waals surface area contributed by atoms with Crippen LogP contribution in [0.3, 0.4) is 0 Å². The summed E-state index contributed by atoms with van der Waals surface area (Å²) in [5.41, 5.74) is 5.57. The number of hydrogen-bond donors (Lipinski definition) is 1. The van der Waals surface area contributed by atoms with E-state index in [9.17, 15) is 4.79 Å². The van der Waals surface area contributed by atoms with Gasteiger partial charge in [0.25, 0.3) is 5.91 Å². The average molecular weight is 286 g/mol. The van der Waals surface area contributed by atoms with E-state index in [4.69, 9.17) is 0 Å². The van der Waals surface area contributed by atoms with Crippen molar-refractivity contribution in [2.24, 2.45) is 5.10 Å². The standard InChI is InChI=1S/C16H22N4O/c1-3-7-13(8-4-2)18-19-16(21)11-20-12-17-14-9-5-6-10-15(14)20/h5-6,9-10,12H,3-4,7-8,11H2,1-2H3,(H,19,21). The molecule has 0 saturated heterocycles. The highest BCUT2D eigenvalue weighted by molar-refractivity contribution is 5.86. The molecule has 21 heavy (non-hydrogen) atoms. The highest BCUT2D eigenvalue weighted by atomic mass is 16.2. The molecule has 112 valence electrons. The Kier molecular flexibility index (Phi) is 5.49. The lowest BCUT2D eigenvalue weighted by Crippen LogP contribution is -2.24. The average Bonchev–Trinajstić information content (AvgIpc) is 2.89. The number of rotatable bonds is 7. The van der Waals surface area contributed by atoms with Crippen molar-refractivity contribution < 1.29 is 4.79 Å². The number of imidazole rings is 1. The fourth-order valence-electron chi connectivity index (χ4n) is 2.28. The third kappa shape index (κ3) is 4.15. The third-order valence-electron chi connectivity index (χ3n) is 3.26. The van der Waals surface area contributed by atoms with Crippen LogP contribution in [0.2, 0.25) is 0 Å². The van der Waals surface area contributed by atoms with Crippen molar-refractivity contribution in [3.8, 4) is 0 Å². The van der Waals surface area contributed by atoms with E-state index in [1.165, 1.54) is 0 Å². The van der Waals surface area contributed by atoms with Crippen LogP contribution in [0.5, 0.6) is 0 Å². The second-order valence-electron chi connectivity index (χ2n) is 5.07. The maximum atomic E-state index is 12.0. The van der Waals surface area contributed by atoms with Gasteiger partial charge in [-0.1, -0.05) is 38.8 Å². The lowest BCUT2D eigenvalue weighted by molar-refractivity contribution is -0.121. The predicted octanol–water partition coefficient (Wildman–Crippen LogP) is 3.11. The molecule has 2 rings (SSSR count). The Morgan fingerprint density at radius 2 is 1.95 bits per heavy atom. The maximum absolute atomic E-state index is 12.0. The normalized spacial score (nSPS) is 10.6. The number of carbonyl (C=O) groups is 1. The molecule has 0 aliphatic carbocycles. The fourth-order valence-corrected chi connectivity index (χ4v) is 2.28. The molecule has 0 aliphatic rings. The minimum atomic E-state index is -0.122. The SMILES string of the molecule is CCCC(CCC)=NNC(=O)Cn1cnc2ccccc21. The predicted molar refractivity (Wildman–Crippen MR) is 85.1 cm³/mol. The number of fused-ring (bicyclic) bond motifs is 1. The van der Waals surface area contributed by atoms with Crippen LogP contribution < -0.4 is 5.43 Å². The number of benzene rings is 1. The summed E-state index contributed by atoms with van der Waals surface area (Å²) in [5.74, 6) is -0.122. The summed E-state index contributed by atoms with van der Waals surface area (Å²) >= 11 is 0. The molecule has 1 N–H and O–H groups in total. The molecule has 0 fully saturated rings. The lowest BCUT2D eigenvalue weighted by atomic mass is 10.1. The van der Waals surface area contributed by atoms with Gasteiger partial charge in [-0.3, -0.25) is 4.79 Å². The van der Waals surface area contributed by atoms with Crippen molar-refractivity contribution >= 4 is 22.7 Å². The van der Waals surface area contributed by atoms with E-state index in [-0.39, 0.29) is 12.5 Å². The molecule has 5 heteroatoms. The highest BCUT2D eigenvalue weighted by Crippen LogP contribution is 2.11. The molecule has 5 nitrogen and oxygen atoms in total. The van der Waals surface area contributed by atoms with Crippen molar-refractivity contribution in [1.82, 2.24) is 15.0 Å². The van der Waals surface area contributed by atoms with E-state index in [1.54, 1.807) is 6.33 Å².